The fourth-order valence-electron chi connectivity index (χ4n) is 4.27. The number of fused-ring (bicyclic) bond motifs is 5. The molecule has 0 unspecified atom stereocenters. The Hall–Kier alpha value is 0.240. The van der Waals surface area contributed by atoms with Crippen molar-refractivity contribution in [3.8, 4) is 0 Å². The Bertz CT molecular complexity index is 266. The van der Waals surface area contributed by atoms with E-state index in [1.807, 2.05) is 0 Å². The highest BCUT2D eigenvalue weighted by atomic mass is 32.1. The van der Waals surface area contributed by atoms with Crippen molar-refractivity contribution >= 4 is 29.2 Å². The van der Waals surface area contributed by atoms with Gasteiger partial charge in [-0.05, 0) is 61.6 Å². The third-order valence-electron chi connectivity index (χ3n) is 4.62. The summed E-state index contributed by atoms with van der Waals surface area (Å²) in [6.07, 6.45) is 7.41. The summed E-state index contributed by atoms with van der Waals surface area (Å²) in [5, 5.41) is 0. The number of thiocarbonyl (C=S) groups is 1. The van der Waals surface area contributed by atoms with Crippen LogP contribution in [0.3, 0.4) is 0 Å². The van der Waals surface area contributed by atoms with Crippen molar-refractivity contribution in [3.05, 3.63) is 0 Å². The second-order valence-corrected chi connectivity index (χ2v) is 6.16. The van der Waals surface area contributed by atoms with Crippen molar-refractivity contribution in [3.63, 3.8) is 0 Å². The standard InChI is InChI=1S/C11H16OS2/c13-11(14)12-10-5-6-4-9(10)8-3-1-2-7(6)8/h6-10H,1-5H2,(H,13,14)/t6-,7+,8+,9+,10+/m1/s1. The molecule has 0 heterocycles. The molecule has 3 heteroatoms. The van der Waals surface area contributed by atoms with Crippen LogP contribution in [0.5, 0.6) is 0 Å². The number of rotatable bonds is 1. The maximum absolute atomic E-state index is 5.65. The lowest BCUT2D eigenvalue weighted by molar-refractivity contribution is 0.0814. The SMILES string of the molecule is S=C(S)O[C@H]1C[C@H]2C[C@H]1[C@H]1CCC[C@@H]21. The summed E-state index contributed by atoms with van der Waals surface area (Å²) >= 11 is 8.98. The van der Waals surface area contributed by atoms with Crippen molar-refractivity contribution in [2.45, 2.75) is 38.2 Å². The second kappa shape index (κ2) is 3.38. The van der Waals surface area contributed by atoms with Gasteiger partial charge in [-0.3, -0.25) is 0 Å². The third-order valence-corrected chi connectivity index (χ3v) is 4.82. The van der Waals surface area contributed by atoms with Gasteiger partial charge in [-0.1, -0.05) is 19.0 Å². The Labute approximate surface area is 96.0 Å². The van der Waals surface area contributed by atoms with E-state index in [4.69, 9.17) is 17.0 Å². The van der Waals surface area contributed by atoms with Gasteiger partial charge >= 0.3 is 0 Å². The first-order chi connectivity index (χ1) is 6.75. The van der Waals surface area contributed by atoms with Crippen LogP contribution in [0.25, 0.3) is 0 Å². The number of hydrogen-bond acceptors (Lipinski definition) is 2. The van der Waals surface area contributed by atoms with E-state index in [1.165, 1.54) is 32.1 Å². The first-order valence-corrected chi connectivity index (χ1v) is 6.51. The molecule has 78 valence electrons. The smallest absolute Gasteiger partial charge is 0.217 e. The van der Waals surface area contributed by atoms with Crippen molar-refractivity contribution in [2.75, 3.05) is 0 Å². The van der Waals surface area contributed by atoms with Gasteiger partial charge in [0.25, 0.3) is 0 Å². The lowest BCUT2D eigenvalue weighted by Gasteiger charge is -2.31. The second-order valence-electron chi connectivity index (χ2n) is 5.08. The summed E-state index contributed by atoms with van der Waals surface area (Å²) < 4.78 is 6.09. The molecule has 3 fully saturated rings. The predicted molar refractivity (Wildman–Crippen MR) is 63.5 cm³/mol. The van der Waals surface area contributed by atoms with E-state index in [0.717, 1.165) is 23.7 Å². The van der Waals surface area contributed by atoms with Gasteiger partial charge in [0.2, 0.25) is 4.38 Å². The summed E-state index contributed by atoms with van der Waals surface area (Å²) in [6.45, 7) is 0. The molecule has 0 amide bonds. The third kappa shape index (κ3) is 1.32. The van der Waals surface area contributed by atoms with Gasteiger partial charge in [-0.15, -0.1) is 0 Å². The quantitative estimate of drug-likeness (QED) is 0.545. The number of ether oxygens (including phenoxy) is 1. The average Bonchev–Trinajstić information content (AvgIpc) is 2.68. The maximum atomic E-state index is 5.65. The highest BCUT2D eigenvalue weighted by Crippen LogP contribution is 2.59. The Morgan fingerprint density at radius 3 is 2.71 bits per heavy atom. The monoisotopic (exact) mass is 228 g/mol. The molecule has 3 aliphatic carbocycles. The van der Waals surface area contributed by atoms with Crippen LogP contribution >= 0.6 is 24.8 Å². The summed E-state index contributed by atoms with van der Waals surface area (Å²) in [7, 11) is 0. The van der Waals surface area contributed by atoms with Gasteiger partial charge in [0, 0.05) is 0 Å². The Balaban J connectivity index is 1.73. The van der Waals surface area contributed by atoms with Gasteiger partial charge in [0.05, 0.1) is 0 Å². The van der Waals surface area contributed by atoms with Gasteiger partial charge < -0.3 is 4.74 Å². The minimum absolute atomic E-state index is 0.407. The van der Waals surface area contributed by atoms with Gasteiger partial charge in [0.15, 0.2) is 0 Å². The molecule has 0 spiro atoms. The molecular formula is C11H16OS2. The molecule has 2 bridgehead atoms. The van der Waals surface area contributed by atoms with Crippen LogP contribution in [0.1, 0.15) is 32.1 Å². The van der Waals surface area contributed by atoms with E-state index >= 15 is 0 Å². The van der Waals surface area contributed by atoms with E-state index in [2.05, 4.69) is 12.6 Å². The van der Waals surface area contributed by atoms with Crippen LogP contribution in [0.15, 0.2) is 0 Å². The molecule has 0 aromatic rings. The molecule has 0 aromatic carbocycles. The van der Waals surface area contributed by atoms with Gasteiger partial charge in [0.1, 0.15) is 6.10 Å². The lowest BCUT2D eigenvalue weighted by atomic mass is 9.80. The minimum atomic E-state index is 0.407. The van der Waals surface area contributed by atoms with Crippen molar-refractivity contribution < 1.29 is 4.74 Å². The largest absolute Gasteiger partial charge is 0.475 e. The topological polar surface area (TPSA) is 9.23 Å². The van der Waals surface area contributed by atoms with Gasteiger partial charge in [-0.2, -0.15) is 0 Å². The molecule has 0 aliphatic heterocycles. The molecule has 0 aromatic heterocycles. The molecule has 5 atom stereocenters. The molecule has 3 rings (SSSR count). The Morgan fingerprint density at radius 1 is 1.14 bits per heavy atom. The fourth-order valence-corrected chi connectivity index (χ4v) is 4.53. The van der Waals surface area contributed by atoms with Crippen molar-refractivity contribution in [1.29, 1.82) is 0 Å². The zero-order chi connectivity index (χ0) is 9.71. The van der Waals surface area contributed by atoms with Crippen LogP contribution < -0.4 is 0 Å². The van der Waals surface area contributed by atoms with Crippen LogP contribution in [-0.2, 0) is 4.74 Å². The molecular weight excluding hydrogens is 212 g/mol. The molecule has 14 heavy (non-hydrogen) atoms. The lowest BCUT2D eigenvalue weighted by Crippen LogP contribution is -2.30. The molecule has 3 aliphatic rings. The summed E-state index contributed by atoms with van der Waals surface area (Å²) in [5.41, 5.74) is 0. The van der Waals surface area contributed by atoms with E-state index in [9.17, 15) is 0 Å². The summed E-state index contributed by atoms with van der Waals surface area (Å²) in [5.74, 6) is 3.74. The van der Waals surface area contributed by atoms with Crippen molar-refractivity contribution in [2.24, 2.45) is 23.7 Å². The van der Waals surface area contributed by atoms with Crippen LogP contribution in [-0.4, -0.2) is 10.5 Å². The van der Waals surface area contributed by atoms with E-state index in [-0.39, 0.29) is 0 Å². The number of thiol groups is 1. The molecule has 0 radical (unpaired) electrons. The van der Waals surface area contributed by atoms with Crippen molar-refractivity contribution in [1.82, 2.24) is 0 Å². The summed E-state index contributed by atoms with van der Waals surface area (Å²) in [6, 6.07) is 0. The van der Waals surface area contributed by atoms with Gasteiger partial charge in [-0.25, -0.2) is 0 Å². The zero-order valence-corrected chi connectivity index (χ0v) is 9.90. The van der Waals surface area contributed by atoms with E-state index in [1.54, 1.807) is 0 Å². The van der Waals surface area contributed by atoms with Crippen LogP contribution in [0, 0.1) is 23.7 Å². The first-order valence-electron chi connectivity index (χ1n) is 5.65. The predicted octanol–water partition coefficient (Wildman–Crippen LogP) is 3.04. The van der Waals surface area contributed by atoms with Crippen LogP contribution in [0.2, 0.25) is 0 Å². The highest BCUT2D eigenvalue weighted by Gasteiger charge is 2.54. The van der Waals surface area contributed by atoms with Crippen LogP contribution in [0.4, 0.5) is 0 Å². The minimum Gasteiger partial charge on any atom is -0.475 e. The van der Waals surface area contributed by atoms with E-state index in [0.29, 0.717) is 10.5 Å². The molecule has 3 saturated carbocycles. The first kappa shape index (κ1) is 9.46. The number of hydrogen-bond donors (Lipinski definition) is 1. The molecule has 1 nitrogen and oxygen atoms in total. The Kier molecular flexibility index (Phi) is 2.28. The zero-order valence-electron chi connectivity index (χ0n) is 8.19. The average molecular weight is 228 g/mol. The molecule has 0 saturated heterocycles. The normalized spacial score (nSPS) is 49.4. The maximum Gasteiger partial charge on any atom is 0.217 e. The fraction of sp³-hybridized carbons (Fsp3) is 0.909. The highest BCUT2D eigenvalue weighted by molar-refractivity contribution is 8.10. The summed E-state index contributed by atoms with van der Waals surface area (Å²) in [4.78, 5) is 0. The Morgan fingerprint density at radius 2 is 1.93 bits per heavy atom. The molecule has 0 N–H and O–H groups in total. The van der Waals surface area contributed by atoms with E-state index < -0.39 is 0 Å².